The molecule has 0 aliphatic carbocycles. The third kappa shape index (κ3) is 5.90. The fraction of sp³-hybridized carbons (Fsp3) is 0.889. The van der Waals surface area contributed by atoms with E-state index in [1.165, 1.54) is 0 Å². The molecule has 0 aromatic rings. The Morgan fingerprint density at radius 3 is 2.57 bits per heavy atom. The lowest BCUT2D eigenvalue weighted by molar-refractivity contribution is -0.123. The topological polar surface area (TPSA) is 79.2 Å². The molecule has 14 heavy (non-hydrogen) atoms. The van der Waals surface area contributed by atoms with Crippen LogP contribution in [0, 0.1) is 0 Å². The number of carbonyl (C=O) groups is 1. The molecule has 0 aromatic carbocycles. The van der Waals surface area contributed by atoms with Crippen LogP contribution in [0.25, 0.3) is 0 Å². The summed E-state index contributed by atoms with van der Waals surface area (Å²) < 4.78 is 0. The molecular weight excluding hydrogens is 180 g/mol. The highest BCUT2D eigenvalue weighted by atomic mass is 16.2. The van der Waals surface area contributed by atoms with Gasteiger partial charge in [-0.05, 0) is 33.5 Å². The van der Waals surface area contributed by atoms with Crippen LogP contribution in [0.3, 0.4) is 0 Å². The zero-order chi connectivity index (χ0) is 10.8. The molecule has 5 nitrogen and oxygen atoms in total. The van der Waals surface area contributed by atoms with Crippen molar-refractivity contribution in [3.8, 4) is 0 Å². The van der Waals surface area contributed by atoms with E-state index in [1.54, 1.807) is 7.05 Å². The molecular formula is C9H22N4O. The van der Waals surface area contributed by atoms with Gasteiger partial charge in [0.05, 0.1) is 6.04 Å². The summed E-state index contributed by atoms with van der Waals surface area (Å²) in [6.07, 6.45) is 1.83. The summed E-state index contributed by atoms with van der Waals surface area (Å²) in [5, 5.41) is 8.80. The molecule has 0 saturated carbocycles. The van der Waals surface area contributed by atoms with Crippen molar-refractivity contribution >= 4 is 5.91 Å². The Morgan fingerprint density at radius 2 is 2.07 bits per heavy atom. The fourth-order valence-corrected chi connectivity index (χ4v) is 1.21. The number of amides is 1. The first kappa shape index (κ1) is 13.4. The molecule has 5 N–H and O–H groups in total. The van der Waals surface area contributed by atoms with Crippen LogP contribution in [0.1, 0.15) is 12.8 Å². The van der Waals surface area contributed by atoms with Crippen molar-refractivity contribution in [2.24, 2.45) is 5.73 Å². The molecule has 1 atom stereocenters. The van der Waals surface area contributed by atoms with Crippen LogP contribution in [0.5, 0.6) is 0 Å². The van der Waals surface area contributed by atoms with Gasteiger partial charge in [-0.1, -0.05) is 0 Å². The monoisotopic (exact) mass is 202 g/mol. The van der Waals surface area contributed by atoms with Gasteiger partial charge in [0.1, 0.15) is 0 Å². The Bertz CT molecular complexity index is 152. The average molecular weight is 202 g/mol. The van der Waals surface area contributed by atoms with Crippen molar-refractivity contribution < 1.29 is 4.79 Å². The van der Waals surface area contributed by atoms with Crippen molar-refractivity contribution in [3.63, 3.8) is 0 Å². The molecule has 0 fully saturated rings. The van der Waals surface area contributed by atoms with Gasteiger partial charge >= 0.3 is 0 Å². The first-order chi connectivity index (χ1) is 6.76. The maximum atomic E-state index is 11.5. The van der Waals surface area contributed by atoms with E-state index in [2.05, 4.69) is 16.0 Å². The minimum Gasteiger partial charge on any atom is -0.353 e. The quantitative estimate of drug-likeness (QED) is 0.367. The maximum absolute atomic E-state index is 11.5. The van der Waals surface area contributed by atoms with E-state index in [9.17, 15) is 4.79 Å². The molecule has 0 rings (SSSR count). The smallest absolute Gasteiger partial charge is 0.237 e. The lowest BCUT2D eigenvalue weighted by Gasteiger charge is -2.15. The SMILES string of the molecule is CNCCC[C@H](NC)C(=O)NCCN. The minimum absolute atomic E-state index is 0.0362. The highest BCUT2D eigenvalue weighted by molar-refractivity contribution is 5.81. The summed E-state index contributed by atoms with van der Waals surface area (Å²) in [5.41, 5.74) is 5.29. The lowest BCUT2D eigenvalue weighted by Crippen LogP contribution is -2.44. The van der Waals surface area contributed by atoms with Crippen LogP contribution < -0.4 is 21.7 Å². The molecule has 84 valence electrons. The molecule has 0 heterocycles. The number of rotatable bonds is 8. The van der Waals surface area contributed by atoms with E-state index in [0.29, 0.717) is 13.1 Å². The number of carbonyl (C=O) groups excluding carboxylic acids is 1. The van der Waals surface area contributed by atoms with Gasteiger partial charge in [-0.2, -0.15) is 0 Å². The summed E-state index contributed by atoms with van der Waals surface area (Å²) in [6.45, 7) is 1.96. The fourth-order valence-electron chi connectivity index (χ4n) is 1.21. The van der Waals surface area contributed by atoms with Gasteiger partial charge < -0.3 is 21.7 Å². The third-order valence-electron chi connectivity index (χ3n) is 2.03. The Balaban J connectivity index is 3.69. The Hall–Kier alpha value is -0.650. The first-order valence-corrected chi connectivity index (χ1v) is 5.06. The lowest BCUT2D eigenvalue weighted by atomic mass is 10.1. The highest BCUT2D eigenvalue weighted by Gasteiger charge is 2.14. The molecule has 0 aromatic heterocycles. The van der Waals surface area contributed by atoms with E-state index < -0.39 is 0 Å². The molecule has 1 amide bonds. The van der Waals surface area contributed by atoms with E-state index in [1.807, 2.05) is 7.05 Å². The van der Waals surface area contributed by atoms with Crippen molar-refractivity contribution in [3.05, 3.63) is 0 Å². The predicted octanol–water partition coefficient (Wildman–Crippen LogP) is -1.35. The van der Waals surface area contributed by atoms with Gasteiger partial charge in [-0.15, -0.1) is 0 Å². The normalized spacial score (nSPS) is 12.5. The van der Waals surface area contributed by atoms with Crippen LogP contribution in [-0.4, -0.2) is 45.7 Å². The van der Waals surface area contributed by atoms with Gasteiger partial charge in [0.2, 0.25) is 5.91 Å². The van der Waals surface area contributed by atoms with E-state index in [-0.39, 0.29) is 11.9 Å². The molecule has 0 aliphatic rings. The summed E-state index contributed by atoms with van der Waals surface area (Å²) >= 11 is 0. The summed E-state index contributed by atoms with van der Waals surface area (Å²) in [5.74, 6) is 0.0362. The second kappa shape index (κ2) is 8.93. The standard InChI is InChI=1S/C9H22N4O/c1-11-6-3-4-8(12-2)9(14)13-7-5-10/h8,11-12H,3-7,10H2,1-2H3,(H,13,14)/t8-/m0/s1. The van der Waals surface area contributed by atoms with Gasteiger partial charge in [0, 0.05) is 13.1 Å². The van der Waals surface area contributed by atoms with E-state index >= 15 is 0 Å². The average Bonchev–Trinajstić information content (AvgIpc) is 2.21. The second-order valence-electron chi connectivity index (χ2n) is 3.17. The van der Waals surface area contributed by atoms with E-state index in [0.717, 1.165) is 19.4 Å². The van der Waals surface area contributed by atoms with Crippen LogP contribution in [-0.2, 0) is 4.79 Å². The largest absolute Gasteiger partial charge is 0.353 e. The summed E-state index contributed by atoms with van der Waals surface area (Å²) in [6, 6.07) is -0.102. The zero-order valence-electron chi connectivity index (χ0n) is 9.10. The molecule has 0 saturated heterocycles. The van der Waals surface area contributed by atoms with Crippen molar-refractivity contribution in [1.82, 2.24) is 16.0 Å². The molecule has 0 radical (unpaired) electrons. The van der Waals surface area contributed by atoms with Crippen molar-refractivity contribution in [2.45, 2.75) is 18.9 Å². The van der Waals surface area contributed by atoms with Gasteiger partial charge in [0.25, 0.3) is 0 Å². The molecule has 0 spiro atoms. The molecule has 0 aliphatic heterocycles. The Morgan fingerprint density at radius 1 is 1.36 bits per heavy atom. The number of hydrogen-bond donors (Lipinski definition) is 4. The van der Waals surface area contributed by atoms with Crippen LogP contribution in [0.4, 0.5) is 0 Å². The van der Waals surface area contributed by atoms with Gasteiger partial charge in [-0.3, -0.25) is 4.79 Å². The second-order valence-corrected chi connectivity index (χ2v) is 3.17. The Labute approximate surface area is 85.8 Å². The van der Waals surface area contributed by atoms with Crippen LogP contribution in [0.2, 0.25) is 0 Å². The molecule has 0 bridgehead atoms. The maximum Gasteiger partial charge on any atom is 0.237 e. The summed E-state index contributed by atoms with van der Waals surface area (Å²) in [4.78, 5) is 11.5. The number of likely N-dealkylation sites (N-methyl/N-ethyl adjacent to an activating group) is 1. The van der Waals surface area contributed by atoms with Gasteiger partial charge in [-0.25, -0.2) is 0 Å². The minimum atomic E-state index is -0.102. The predicted molar refractivity (Wildman–Crippen MR) is 58.1 cm³/mol. The zero-order valence-corrected chi connectivity index (χ0v) is 9.10. The number of nitrogens with two attached hydrogens (primary N) is 1. The summed E-state index contributed by atoms with van der Waals surface area (Å²) in [7, 11) is 3.70. The van der Waals surface area contributed by atoms with Crippen molar-refractivity contribution in [1.29, 1.82) is 0 Å². The van der Waals surface area contributed by atoms with Crippen LogP contribution in [0.15, 0.2) is 0 Å². The number of hydrogen-bond acceptors (Lipinski definition) is 4. The molecule has 0 unspecified atom stereocenters. The highest BCUT2D eigenvalue weighted by Crippen LogP contribution is 1.95. The van der Waals surface area contributed by atoms with Crippen LogP contribution >= 0.6 is 0 Å². The number of nitrogens with one attached hydrogen (secondary N) is 3. The van der Waals surface area contributed by atoms with Crippen molar-refractivity contribution in [2.75, 3.05) is 33.7 Å². The Kier molecular flexibility index (Phi) is 8.51. The molecule has 5 heteroatoms. The first-order valence-electron chi connectivity index (χ1n) is 5.06. The van der Waals surface area contributed by atoms with Gasteiger partial charge in [0.15, 0.2) is 0 Å². The van der Waals surface area contributed by atoms with E-state index in [4.69, 9.17) is 5.73 Å². The third-order valence-corrected chi connectivity index (χ3v) is 2.03.